The van der Waals surface area contributed by atoms with Gasteiger partial charge in [0, 0.05) is 19.5 Å². The molecule has 0 spiro atoms. The lowest BCUT2D eigenvalue weighted by molar-refractivity contribution is -0.137. The summed E-state index contributed by atoms with van der Waals surface area (Å²) in [5.41, 5.74) is 0. The minimum absolute atomic E-state index is 0.145. The van der Waals surface area contributed by atoms with E-state index in [1.165, 1.54) is 12.8 Å². The zero-order valence-electron chi connectivity index (χ0n) is 12.4. The van der Waals surface area contributed by atoms with Crippen molar-refractivity contribution in [1.29, 1.82) is 0 Å². The Morgan fingerprint density at radius 1 is 1.15 bits per heavy atom. The summed E-state index contributed by atoms with van der Waals surface area (Å²) >= 11 is 0. The molecule has 0 aromatic rings. The number of amides is 2. The molecule has 2 amide bonds. The van der Waals surface area contributed by atoms with E-state index in [1.807, 2.05) is 0 Å². The maximum absolute atomic E-state index is 11.5. The van der Waals surface area contributed by atoms with Gasteiger partial charge in [0.2, 0.25) is 0 Å². The lowest BCUT2D eigenvalue weighted by atomic mass is 9.94. The first-order chi connectivity index (χ1) is 9.58. The van der Waals surface area contributed by atoms with Gasteiger partial charge in [-0.25, -0.2) is 4.79 Å². The monoisotopic (exact) mass is 285 g/mol. The molecule has 3 N–H and O–H groups in total. The number of hydrogen-bond acceptors (Lipinski definition) is 3. The van der Waals surface area contributed by atoms with Gasteiger partial charge in [0.15, 0.2) is 0 Å². The number of carboxylic acid groups (broad SMARTS) is 1. The third-order valence-corrected chi connectivity index (χ3v) is 3.78. The number of carboxylic acids is 1. The average molecular weight is 285 g/mol. The van der Waals surface area contributed by atoms with Gasteiger partial charge in [0.05, 0.1) is 0 Å². The molecule has 0 aliphatic carbocycles. The Bertz CT molecular complexity index is 302. The molecule has 1 aliphatic heterocycles. The van der Waals surface area contributed by atoms with Crippen molar-refractivity contribution in [3.05, 3.63) is 0 Å². The van der Waals surface area contributed by atoms with Crippen molar-refractivity contribution in [3.63, 3.8) is 0 Å². The van der Waals surface area contributed by atoms with Crippen molar-refractivity contribution in [2.75, 3.05) is 33.2 Å². The highest BCUT2D eigenvalue weighted by Gasteiger charge is 2.16. The normalized spacial score (nSPS) is 16.9. The molecular formula is C14H27N3O3. The van der Waals surface area contributed by atoms with Crippen molar-refractivity contribution < 1.29 is 14.7 Å². The number of nitrogens with zero attached hydrogens (tertiary/aromatic N) is 1. The summed E-state index contributed by atoms with van der Waals surface area (Å²) in [4.78, 5) is 24.1. The highest BCUT2D eigenvalue weighted by Crippen LogP contribution is 2.18. The number of carbonyl (C=O) groups is 2. The van der Waals surface area contributed by atoms with Crippen LogP contribution in [0, 0.1) is 5.92 Å². The molecule has 1 heterocycles. The molecule has 0 unspecified atom stereocenters. The molecule has 116 valence electrons. The number of rotatable bonds is 8. The Morgan fingerprint density at radius 2 is 1.80 bits per heavy atom. The molecule has 1 fully saturated rings. The number of carbonyl (C=O) groups excluding carboxylic acids is 1. The Labute approximate surface area is 120 Å². The maximum atomic E-state index is 11.5. The van der Waals surface area contributed by atoms with Gasteiger partial charge < -0.3 is 20.6 Å². The van der Waals surface area contributed by atoms with Crippen LogP contribution in [0.5, 0.6) is 0 Å². The lowest BCUT2D eigenvalue weighted by Crippen LogP contribution is -2.38. The van der Waals surface area contributed by atoms with Gasteiger partial charge in [0.1, 0.15) is 0 Å². The fourth-order valence-electron chi connectivity index (χ4n) is 2.41. The summed E-state index contributed by atoms with van der Waals surface area (Å²) < 4.78 is 0. The number of hydrogen-bond donors (Lipinski definition) is 3. The smallest absolute Gasteiger partial charge is 0.314 e. The van der Waals surface area contributed by atoms with Crippen molar-refractivity contribution in [1.82, 2.24) is 15.5 Å². The lowest BCUT2D eigenvalue weighted by Gasteiger charge is -2.28. The van der Waals surface area contributed by atoms with Crippen LogP contribution in [-0.2, 0) is 4.79 Å². The van der Waals surface area contributed by atoms with Gasteiger partial charge in [-0.1, -0.05) is 0 Å². The Hall–Kier alpha value is -1.30. The van der Waals surface area contributed by atoms with Crippen molar-refractivity contribution in [2.24, 2.45) is 5.92 Å². The topological polar surface area (TPSA) is 81.7 Å². The van der Waals surface area contributed by atoms with Crippen LogP contribution >= 0.6 is 0 Å². The first-order valence-corrected chi connectivity index (χ1v) is 7.50. The highest BCUT2D eigenvalue weighted by atomic mass is 16.4. The van der Waals surface area contributed by atoms with Crippen molar-refractivity contribution in [3.8, 4) is 0 Å². The zero-order chi connectivity index (χ0) is 14.8. The SMILES string of the molecule is CN1CCC(CCNC(=O)NCCCCC(=O)O)CC1. The molecule has 1 aliphatic rings. The largest absolute Gasteiger partial charge is 0.481 e. The summed E-state index contributed by atoms with van der Waals surface area (Å²) in [7, 11) is 2.15. The molecule has 0 atom stereocenters. The molecule has 0 aromatic carbocycles. The second-order valence-electron chi connectivity index (χ2n) is 5.57. The van der Waals surface area contributed by atoms with Gasteiger partial charge in [-0.15, -0.1) is 0 Å². The number of nitrogens with one attached hydrogen (secondary N) is 2. The van der Waals surface area contributed by atoms with Gasteiger partial charge in [-0.3, -0.25) is 4.79 Å². The van der Waals surface area contributed by atoms with E-state index in [1.54, 1.807) is 0 Å². The van der Waals surface area contributed by atoms with Crippen LogP contribution < -0.4 is 10.6 Å². The van der Waals surface area contributed by atoms with E-state index in [0.717, 1.165) is 32.0 Å². The predicted octanol–water partition coefficient (Wildman–Crippen LogP) is 1.27. The highest BCUT2D eigenvalue weighted by molar-refractivity contribution is 5.73. The molecule has 6 nitrogen and oxygen atoms in total. The molecule has 0 saturated carbocycles. The van der Waals surface area contributed by atoms with Gasteiger partial charge in [-0.2, -0.15) is 0 Å². The standard InChI is InChI=1S/C14H27N3O3/c1-17-10-6-12(7-11-17)5-9-16-14(20)15-8-3-2-4-13(18)19/h12H,2-11H2,1H3,(H,18,19)(H2,15,16,20). The van der Waals surface area contributed by atoms with Gasteiger partial charge >= 0.3 is 12.0 Å². The summed E-state index contributed by atoms with van der Waals surface area (Å²) in [5.74, 6) is -0.0605. The number of piperidine rings is 1. The van der Waals surface area contributed by atoms with E-state index in [4.69, 9.17) is 5.11 Å². The fourth-order valence-corrected chi connectivity index (χ4v) is 2.41. The van der Waals surface area contributed by atoms with E-state index in [2.05, 4.69) is 22.6 Å². The molecular weight excluding hydrogens is 258 g/mol. The van der Waals surface area contributed by atoms with Crippen LogP contribution in [0.3, 0.4) is 0 Å². The molecule has 6 heteroatoms. The number of aliphatic carboxylic acids is 1. The zero-order valence-corrected chi connectivity index (χ0v) is 12.4. The molecule has 20 heavy (non-hydrogen) atoms. The van der Waals surface area contributed by atoms with Crippen LogP contribution in [0.2, 0.25) is 0 Å². The number of likely N-dealkylation sites (tertiary alicyclic amines) is 1. The molecule has 0 aromatic heterocycles. The first kappa shape index (κ1) is 16.8. The van der Waals surface area contributed by atoms with Crippen LogP contribution in [0.15, 0.2) is 0 Å². The van der Waals surface area contributed by atoms with E-state index < -0.39 is 5.97 Å². The second kappa shape index (κ2) is 9.58. The van der Waals surface area contributed by atoms with Crippen molar-refractivity contribution >= 4 is 12.0 Å². The average Bonchev–Trinajstić information content (AvgIpc) is 2.40. The van der Waals surface area contributed by atoms with Crippen LogP contribution in [0.4, 0.5) is 4.79 Å². The van der Waals surface area contributed by atoms with E-state index in [-0.39, 0.29) is 12.5 Å². The van der Waals surface area contributed by atoms with Crippen LogP contribution in [-0.4, -0.2) is 55.2 Å². The van der Waals surface area contributed by atoms with Gasteiger partial charge in [-0.05, 0) is 58.2 Å². The minimum Gasteiger partial charge on any atom is -0.481 e. The number of urea groups is 1. The third kappa shape index (κ3) is 7.99. The first-order valence-electron chi connectivity index (χ1n) is 7.50. The quantitative estimate of drug-likeness (QED) is 0.587. The summed E-state index contributed by atoms with van der Waals surface area (Å²) in [6, 6.07) is -0.145. The van der Waals surface area contributed by atoms with Gasteiger partial charge in [0.25, 0.3) is 0 Å². The summed E-state index contributed by atoms with van der Waals surface area (Å²) in [5, 5.41) is 14.1. The Balaban J connectivity index is 1.93. The summed E-state index contributed by atoms with van der Waals surface area (Å²) in [6.07, 6.45) is 4.95. The molecule has 0 radical (unpaired) electrons. The maximum Gasteiger partial charge on any atom is 0.314 e. The van der Waals surface area contributed by atoms with Crippen LogP contribution in [0.1, 0.15) is 38.5 Å². The van der Waals surface area contributed by atoms with E-state index in [9.17, 15) is 9.59 Å². The third-order valence-electron chi connectivity index (χ3n) is 3.78. The fraction of sp³-hybridized carbons (Fsp3) is 0.857. The molecule has 1 rings (SSSR count). The summed E-state index contributed by atoms with van der Waals surface area (Å²) in [6.45, 7) is 3.56. The van der Waals surface area contributed by atoms with E-state index in [0.29, 0.717) is 19.4 Å². The predicted molar refractivity (Wildman–Crippen MR) is 77.7 cm³/mol. The van der Waals surface area contributed by atoms with E-state index >= 15 is 0 Å². The van der Waals surface area contributed by atoms with Crippen molar-refractivity contribution in [2.45, 2.75) is 38.5 Å². The molecule has 1 saturated heterocycles. The molecule has 0 bridgehead atoms. The second-order valence-corrected chi connectivity index (χ2v) is 5.57. The van der Waals surface area contributed by atoms with Crippen LogP contribution in [0.25, 0.3) is 0 Å². The Morgan fingerprint density at radius 3 is 2.45 bits per heavy atom. The minimum atomic E-state index is -0.785. The number of unbranched alkanes of at least 4 members (excludes halogenated alkanes) is 1. The Kier molecular flexibility index (Phi) is 8.02.